The number of halogens is 2. The first kappa shape index (κ1) is 15.5. The Kier molecular flexibility index (Phi) is 4.98. The Balaban J connectivity index is 2.02. The molecule has 0 spiro atoms. The molecule has 5 nitrogen and oxygen atoms in total. The van der Waals surface area contributed by atoms with Crippen molar-refractivity contribution in [3.63, 3.8) is 0 Å². The van der Waals surface area contributed by atoms with Crippen LogP contribution in [0.4, 0.5) is 16.2 Å². The summed E-state index contributed by atoms with van der Waals surface area (Å²) in [4.78, 5) is 22.6. The van der Waals surface area contributed by atoms with Gasteiger partial charge in [0.25, 0.3) is 0 Å². The molecule has 0 radical (unpaired) electrons. The molecule has 108 valence electrons. The molecule has 0 heterocycles. The van der Waals surface area contributed by atoms with Gasteiger partial charge in [0, 0.05) is 14.6 Å². The topological polar surface area (TPSA) is 78.4 Å². The number of carbonyl (C=O) groups is 2. The molecular weight excluding hydrogens is 404 g/mol. The number of benzene rings is 2. The van der Waals surface area contributed by atoms with Crippen LogP contribution in [0.25, 0.3) is 0 Å². The molecule has 0 saturated carbocycles. The summed E-state index contributed by atoms with van der Waals surface area (Å²) in [7, 11) is 0. The van der Waals surface area contributed by atoms with Gasteiger partial charge in [-0.05, 0) is 58.4 Å². The zero-order valence-corrected chi connectivity index (χ0v) is 13.7. The van der Waals surface area contributed by atoms with E-state index in [1.807, 2.05) is 12.1 Å². The lowest BCUT2D eigenvalue weighted by molar-refractivity contribution is 0.0697. The summed E-state index contributed by atoms with van der Waals surface area (Å²) in [6.45, 7) is 0. The lowest BCUT2D eigenvalue weighted by atomic mass is 10.2. The molecule has 2 amide bonds. The van der Waals surface area contributed by atoms with Crippen LogP contribution in [0.15, 0.2) is 51.4 Å². The molecule has 0 aromatic heterocycles. The maximum absolute atomic E-state index is 11.9. The van der Waals surface area contributed by atoms with Gasteiger partial charge < -0.3 is 15.7 Å². The number of urea groups is 1. The molecular formula is C14H10Br2N2O3. The minimum absolute atomic E-state index is 0.164. The van der Waals surface area contributed by atoms with Gasteiger partial charge in [0.15, 0.2) is 0 Å². The summed E-state index contributed by atoms with van der Waals surface area (Å²) in [5.41, 5.74) is 1.29. The first-order valence-corrected chi connectivity index (χ1v) is 7.41. The van der Waals surface area contributed by atoms with Crippen molar-refractivity contribution in [1.29, 1.82) is 0 Å². The van der Waals surface area contributed by atoms with Gasteiger partial charge in [-0.15, -0.1) is 0 Å². The fourth-order valence-corrected chi connectivity index (χ4v) is 2.72. The summed E-state index contributed by atoms with van der Waals surface area (Å²) in [5.74, 6) is -1.01. The standard InChI is InChI=1S/C14H10Br2N2O3/c15-9-3-6-12(11(16)7-9)18-14(21)17-10-4-1-8(2-5-10)13(19)20/h1-7H,(H,19,20)(H2,17,18,21). The first-order valence-electron chi connectivity index (χ1n) is 5.82. The van der Waals surface area contributed by atoms with Crippen molar-refractivity contribution in [2.24, 2.45) is 0 Å². The number of hydrogen-bond donors (Lipinski definition) is 3. The Morgan fingerprint density at radius 2 is 1.62 bits per heavy atom. The Hall–Kier alpha value is -1.86. The van der Waals surface area contributed by atoms with Gasteiger partial charge in [0.2, 0.25) is 0 Å². The number of hydrogen-bond acceptors (Lipinski definition) is 2. The second kappa shape index (κ2) is 6.73. The smallest absolute Gasteiger partial charge is 0.335 e. The second-order valence-corrected chi connectivity index (χ2v) is 5.86. The van der Waals surface area contributed by atoms with E-state index in [0.717, 1.165) is 8.95 Å². The number of rotatable bonds is 3. The molecule has 21 heavy (non-hydrogen) atoms. The number of carboxylic acids is 1. The highest BCUT2D eigenvalue weighted by atomic mass is 79.9. The van der Waals surface area contributed by atoms with Gasteiger partial charge in [-0.3, -0.25) is 0 Å². The highest BCUT2D eigenvalue weighted by Crippen LogP contribution is 2.26. The fraction of sp³-hybridized carbons (Fsp3) is 0. The number of anilines is 2. The van der Waals surface area contributed by atoms with Crippen LogP contribution in [0.1, 0.15) is 10.4 Å². The molecule has 7 heteroatoms. The predicted octanol–water partition coefficient (Wildman–Crippen LogP) is 4.55. The number of carboxylic acid groups (broad SMARTS) is 1. The van der Waals surface area contributed by atoms with E-state index in [1.165, 1.54) is 24.3 Å². The minimum Gasteiger partial charge on any atom is -0.478 e. The van der Waals surface area contributed by atoms with Crippen LogP contribution in [-0.4, -0.2) is 17.1 Å². The van der Waals surface area contributed by atoms with Crippen LogP contribution >= 0.6 is 31.9 Å². The quantitative estimate of drug-likeness (QED) is 0.690. The second-order valence-electron chi connectivity index (χ2n) is 4.09. The Labute approximate surface area is 137 Å². The van der Waals surface area contributed by atoms with Crippen LogP contribution in [0.2, 0.25) is 0 Å². The monoisotopic (exact) mass is 412 g/mol. The first-order chi connectivity index (χ1) is 9.95. The summed E-state index contributed by atoms with van der Waals surface area (Å²) in [6.07, 6.45) is 0. The molecule has 0 unspecified atom stereocenters. The third kappa shape index (κ3) is 4.30. The molecule has 0 fully saturated rings. The van der Waals surface area contributed by atoms with Crippen LogP contribution in [0, 0.1) is 0 Å². The van der Waals surface area contributed by atoms with Crippen molar-refractivity contribution in [3.8, 4) is 0 Å². The van der Waals surface area contributed by atoms with Crippen LogP contribution in [0.3, 0.4) is 0 Å². The highest BCUT2D eigenvalue weighted by molar-refractivity contribution is 9.11. The van der Waals surface area contributed by atoms with Gasteiger partial charge in [-0.2, -0.15) is 0 Å². The zero-order chi connectivity index (χ0) is 15.4. The van der Waals surface area contributed by atoms with Gasteiger partial charge in [0.05, 0.1) is 11.3 Å². The molecule has 3 N–H and O–H groups in total. The van der Waals surface area contributed by atoms with E-state index in [9.17, 15) is 9.59 Å². The number of aromatic carboxylic acids is 1. The molecule has 0 saturated heterocycles. The van der Waals surface area contributed by atoms with Gasteiger partial charge >= 0.3 is 12.0 Å². The summed E-state index contributed by atoms with van der Waals surface area (Å²) in [6, 6.07) is 10.9. The van der Waals surface area contributed by atoms with E-state index in [-0.39, 0.29) is 5.56 Å². The lowest BCUT2D eigenvalue weighted by Crippen LogP contribution is -2.19. The van der Waals surface area contributed by atoms with Crippen LogP contribution in [-0.2, 0) is 0 Å². The minimum atomic E-state index is -1.01. The van der Waals surface area contributed by atoms with Crippen molar-refractivity contribution in [2.45, 2.75) is 0 Å². The molecule has 0 aliphatic carbocycles. The molecule has 0 aliphatic rings. The van der Waals surface area contributed by atoms with E-state index in [1.54, 1.807) is 6.07 Å². The molecule has 0 atom stereocenters. The molecule has 2 rings (SSSR count). The SMILES string of the molecule is O=C(Nc1ccc(C(=O)O)cc1)Nc1ccc(Br)cc1Br. The average Bonchev–Trinajstić information content (AvgIpc) is 2.42. The van der Waals surface area contributed by atoms with E-state index in [2.05, 4.69) is 42.5 Å². The maximum Gasteiger partial charge on any atom is 0.335 e. The summed E-state index contributed by atoms with van der Waals surface area (Å²) in [5, 5.41) is 14.1. The van der Waals surface area contributed by atoms with Crippen LogP contribution in [0.5, 0.6) is 0 Å². The normalized spacial score (nSPS) is 10.0. The molecule has 0 bridgehead atoms. The Morgan fingerprint density at radius 1 is 0.952 bits per heavy atom. The van der Waals surface area contributed by atoms with Gasteiger partial charge in [0.1, 0.15) is 0 Å². The third-order valence-electron chi connectivity index (χ3n) is 2.57. The maximum atomic E-state index is 11.9. The fourth-order valence-electron chi connectivity index (χ4n) is 1.57. The van der Waals surface area contributed by atoms with Crippen molar-refractivity contribution in [1.82, 2.24) is 0 Å². The van der Waals surface area contributed by atoms with Crippen LogP contribution < -0.4 is 10.6 Å². The Morgan fingerprint density at radius 3 is 2.19 bits per heavy atom. The summed E-state index contributed by atoms with van der Waals surface area (Å²) >= 11 is 6.68. The summed E-state index contributed by atoms with van der Waals surface area (Å²) < 4.78 is 1.64. The van der Waals surface area contributed by atoms with Crippen molar-refractivity contribution < 1.29 is 14.7 Å². The number of carbonyl (C=O) groups excluding carboxylic acids is 1. The van der Waals surface area contributed by atoms with E-state index >= 15 is 0 Å². The van der Waals surface area contributed by atoms with E-state index < -0.39 is 12.0 Å². The Bertz CT molecular complexity index is 687. The largest absolute Gasteiger partial charge is 0.478 e. The zero-order valence-electron chi connectivity index (χ0n) is 10.6. The van der Waals surface area contributed by atoms with Crippen molar-refractivity contribution in [3.05, 3.63) is 57.0 Å². The average molecular weight is 414 g/mol. The third-order valence-corrected chi connectivity index (χ3v) is 3.72. The molecule has 2 aromatic rings. The van der Waals surface area contributed by atoms with Crippen molar-refractivity contribution >= 4 is 55.2 Å². The molecule has 2 aromatic carbocycles. The van der Waals surface area contributed by atoms with Crippen molar-refractivity contribution in [2.75, 3.05) is 10.6 Å². The van der Waals surface area contributed by atoms with E-state index in [4.69, 9.17) is 5.11 Å². The van der Waals surface area contributed by atoms with Gasteiger partial charge in [-0.25, -0.2) is 9.59 Å². The number of nitrogens with one attached hydrogen (secondary N) is 2. The molecule has 0 aliphatic heterocycles. The lowest BCUT2D eigenvalue weighted by Gasteiger charge is -2.09. The van der Waals surface area contributed by atoms with E-state index in [0.29, 0.717) is 11.4 Å². The number of amides is 2. The highest BCUT2D eigenvalue weighted by Gasteiger charge is 2.07. The van der Waals surface area contributed by atoms with Gasteiger partial charge in [-0.1, -0.05) is 15.9 Å². The predicted molar refractivity (Wildman–Crippen MR) is 87.9 cm³/mol.